The summed E-state index contributed by atoms with van der Waals surface area (Å²) in [6.45, 7) is 4.54. The number of halogens is 4. The first-order chi connectivity index (χ1) is 13.3. The number of benzene rings is 1. The molecule has 0 saturated carbocycles. The van der Waals surface area contributed by atoms with Crippen LogP contribution in [0.4, 0.5) is 23.7 Å². The summed E-state index contributed by atoms with van der Waals surface area (Å²) in [6, 6.07) is 2.81. The van der Waals surface area contributed by atoms with Gasteiger partial charge in [-0.1, -0.05) is 11.6 Å². The summed E-state index contributed by atoms with van der Waals surface area (Å²) >= 11 is 5.60. The summed E-state index contributed by atoms with van der Waals surface area (Å²) in [5.41, 5.74) is -0.956. The summed E-state index contributed by atoms with van der Waals surface area (Å²) in [4.78, 5) is 14.5. The van der Waals surface area contributed by atoms with Crippen molar-refractivity contribution in [1.29, 1.82) is 0 Å². The third-order valence-electron chi connectivity index (χ3n) is 5.03. The highest BCUT2D eigenvalue weighted by Crippen LogP contribution is 2.36. The van der Waals surface area contributed by atoms with E-state index in [2.05, 4.69) is 15.5 Å². The van der Waals surface area contributed by atoms with E-state index in [0.717, 1.165) is 31.6 Å². The van der Waals surface area contributed by atoms with Crippen molar-refractivity contribution in [1.82, 2.24) is 10.2 Å². The third kappa shape index (κ3) is 5.50. The number of alkyl halides is 3. The van der Waals surface area contributed by atoms with Crippen LogP contribution in [0, 0.1) is 5.92 Å². The first kappa shape index (κ1) is 21.2. The van der Waals surface area contributed by atoms with Crippen LogP contribution in [0.5, 0.6) is 0 Å². The van der Waals surface area contributed by atoms with Gasteiger partial charge in [-0.15, -0.1) is 0 Å². The molecule has 2 fully saturated rings. The molecule has 2 N–H and O–H groups in total. The maximum atomic E-state index is 13.0. The van der Waals surface area contributed by atoms with Gasteiger partial charge in [-0.2, -0.15) is 13.2 Å². The molecule has 3 rings (SSSR count). The molecule has 2 aliphatic heterocycles. The van der Waals surface area contributed by atoms with Crippen LogP contribution in [0.25, 0.3) is 0 Å². The number of ether oxygens (including phenoxy) is 2. The van der Waals surface area contributed by atoms with Gasteiger partial charge in [-0.3, -0.25) is 4.90 Å². The zero-order valence-electron chi connectivity index (χ0n) is 15.2. The third-order valence-corrected chi connectivity index (χ3v) is 5.35. The molecule has 0 aromatic heterocycles. The van der Waals surface area contributed by atoms with Crippen LogP contribution >= 0.6 is 11.6 Å². The standard InChI is InChI=1S/C18H23ClF3N3O3/c19-15-2-1-13(9-14(15)18(20,21)22)24-17(26)23-10-16(12-3-6-28-11-12)25-4-7-27-8-5-25/h1-2,9,12,16H,3-8,10-11H2,(H2,23,24,26)/t12-,16-/m0/s1. The second kappa shape index (κ2) is 9.30. The Hall–Kier alpha value is -1.55. The van der Waals surface area contributed by atoms with Gasteiger partial charge in [0, 0.05) is 43.9 Å². The van der Waals surface area contributed by atoms with Gasteiger partial charge in [0.15, 0.2) is 0 Å². The Labute approximate surface area is 166 Å². The van der Waals surface area contributed by atoms with Gasteiger partial charge in [-0.25, -0.2) is 4.79 Å². The Morgan fingerprint density at radius 3 is 2.64 bits per heavy atom. The Balaban J connectivity index is 1.60. The Kier molecular flexibility index (Phi) is 7.03. The number of carbonyl (C=O) groups excluding carboxylic acids is 1. The number of nitrogens with one attached hydrogen (secondary N) is 2. The van der Waals surface area contributed by atoms with Crippen molar-refractivity contribution in [2.75, 3.05) is 51.4 Å². The number of rotatable bonds is 5. The fraction of sp³-hybridized carbons (Fsp3) is 0.611. The van der Waals surface area contributed by atoms with E-state index < -0.39 is 22.8 Å². The Morgan fingerprint density at radius 1 is 1.25 bits per heavy atom. The van der Waals surface area contributed by atoms with E-state index in [1.807, 2.05) is 0 Å². The van der Waals surface area contributed by atoms with Gasteiger partial charge >= 0.3 is 12.2 Å². The van der Waals surface area contributed by atoms with E-state index in [1.165, 1.54) is 6.07 Å². The number of amides is 2. The highest BCUT2D eigenvalue weighted by atomic mass is 35.5. The molecule has 1 aromatic rings. The van der Waals surface area contributed by atoms with E-state index in [9.17, 15) is 18.0 Å². The maximum Gasteiger partial charge on any atom is 0.417 e. The molecule has 156 valence electrons. The predicted molar refractivity (Wildman–Crippen MR) is 98.6 cm³/mol. The Morgan fingerprint density at radius 2 is 2.00 bits per heavy atom. The smallest absolute Gasteiger partial charge is 0.381 e. The lowest BCUT2D eigenvalue weighted by molar-refractivity contribution is -0.137. The molecule has 2 atom stereocenters. The molecule has 2 aliphatic rings. The fourth-order valence-corrected chi connectivity index (χ4v) is 3.78. The molecule has 0 unspecified atom stereocenters. The Bertz CT molecular complexity index is 678. The summed E-state index contributed by atoms with van der Waals surface area (Å²) in [6.07, 6.45) is -3.67. The van der Waals surface area contributed by atoms with E-state index >= 15 is 0 Å². The average Bonchev–Trinajstić information content (AvgIpc) is 3.18. The minimum atomic E-state index is -4.59. The number of morpholine rings is 1. The normalized spacial score (nSPS) is 22.1. The first-order valence-electron chi connectivity index (χ1n) is 9.16. The minimum absolute atomic E-state index is 0.0290. The number of hydrogen-bond donors (Lipinski definition) is 2. The second-order valence-electron chi connectivity index (χ2n) is 6.87. The molecule has 28 heavy (non-hydrogen) atoms. The summed E-state index contributed by atoms with van der Waals surface area (Å²) in [7, 11) is 0. The average molecular weight is 422 g/mol. The van der Waals surface area contributed by atoms with Gasteiger partial charge < -0.3 is 20.1 Å². The molecule has 2 amide bonds. The molecular weight excluding hydrogens is 399 g/mol. The van der Waals surface area contributed by atoms with Crippen molar-refractivity contribution in [3.63, 3.8) is 0 Å². The molecule has 0 bridgehead atoms. The fourth-order valence-electron chi connectivity index (χ4n) is 3.55. The molecule has 0 spiro atoms. The number of carbonyl (C=O) groups is 1. The van der Waals surface area contributed by atoms with Crippen molar-refractivity contribution in [2.45, 2.75) is 18.6 Å². The van der Waals surface area contributed by atoms with Crippen LogP contribution in [0.2, 0.25) is 5.02 Å². The van der Waals surface area contributed by atoms with Crippen LogP contribution in [0.3, 0.4) is 0 Å². The van der Waals surface area contributed by atoms with E-state index in [0.29, 0.717) is 38.9 Å². The molecule has 10 heteroatoms. The highest BCUT2D eigenvalue weighted by Gasteiger charge is 2.34. The minimum Gasteiger partial charge on any atom is -0.381 e. The van der Waals surface area contributed by atoms with Gasteiger partial charge in [-0.05, 0) is 24.6 Å². The first-order valence-corrected chi connectivity index (χ1v) is 9.53. The lowest BCUT2D eigenvalue weighted by Gasteiger charge is -2.37. The number of anilines is 1. The number of urea groups is 1. The summed E-state index contributed by atoms with van der Waals surface area (Å²) in [5, 5.41) is 4.81. The van der Waals surface area contributed by atoms with Gasteiger partial charge in [0.1, 0.15) is 0 Å². The lowest BCUT2D eigenvalue weighted by atomic mass is 9.97. The van der Waals surface area contributed by atoms with E-state index in [1.54, 1.807) is 0 Å². The van der Waals surface area contributed by atoms with E-state index in [-0.39, 0.29) is 11.7 Å². The number of nitrogens with zero attached hydrogens (tertiary/aromatic N) is 1. The second-order valence-corrected chi connectivity index (χ2v) is 7.27. The van der Waals surface area contributed by atoms with Crippen LogP contribution in [-0.2, 0) is 15.7 Å². The zero-order valence-corrected chi connectivity index (χ0v) is 16.0. The van der Waals surface area contributed by atoms with Crippen LogP contribution in [0.15, 0.2) is 18.2 Å². The molecule has 0 radical (unpaired) electrons. The predicted octanol–water partition coefficient (Wildman–Crippen LogP) is 3.22. The van der Waals surface area contributed by atoms with Crippen molar-refractivity contribution in [2.24, 2.45) is 5.92 Å². The maximum absolute atomic E-state index is 13.0. The van der Waals surface area contributed by atoms with Crippen LogP contribution in [0.1, 0.15) is 12.0 Å². The van der Waals surface area contributed by atoms with Gasteiger partial charge in [0.05, 0.1) is 30.4 Å². The monoisotopic (exact) mass is 421 g/mol. The SMILES string of the molecule is O=C(NC[C@@H]([C@H]1CCOC1)N1CCOCC1)Nc1ccc(Cl)c(C(F)(F)F)c1. The molecule has 2 heterocycles. The van der Waals surface area contributed by atoms with Crippen LogP contribution < -0.4 is 10.6 Å². The molecule has 6 nitrogen and oxygen atoms in total. The topological polar surface area (TPSA) is 62.8 Å². The van der Waals surface area contributed by atoms with Crippen molar-refractivity contribution >= 4 is 23.3 Å². The largest absolute Gasteiger partial charge is 0.417 e. The molecule has 1 aromatic carbocycles. The highest BCUT2D eigenvalue weighted by molar-refractivity contribution is 6.31. The lowest BCUT2D eigenvalue weighted by Crippen LogP contribution is -2.52. The molecule has 2 saturated heterocycles. The molecule has 0 aliphatic carbocycles. The quantitative estimate of drug-likeness (QED) is 0.766. The number of hydrogen-bond acceptors (Lipinski definition) is 4. The van der Waals surface area contributed by atoms with Crippen molar-refractivity contribution in [3.05, 3.63) is 28.8 Å². The van der Waals surface area contributed by atoms with Gasteiger partial charge in [0.25, 0.3) is 0 Å². The van der Waals surface area contributed by atoms with Gasteiger partial charge in [0.2, 0.25) is 0 Å². The zero-order chi connectivity index (χ0) is 20.1. The summed E-state index contributed by atoms with van der Waals surface area (Å²) in [5.74, 6) is 0.297. The van der Waals surface area contributed by atoms with Crippen LogP contribution in [-0.4, -0.2) is 63.0 Å². The molecular formula is C18H23ClF3N3O3. The van der Waals surface area contributed by atoms with E-state index in [4.69, 9.17) is 21.1 Å². The summed E-state index contributed by atoms with van der Waals surface area (Å²) < 4.78 is 49.7. The van der Waals surface area contributed by atoms with Crippen molar-refractivity contribution in [3.8, 4) is 0 Å². The van der Waals surface area contributed by atoms with Crippen molar-refractivity contribution < 1.29 is 27.4 Å².